The van der Waals surface area contributed by atoms with Crippen LogP contribution >= 0.6 is 0 Å². The predicted octanol–water partition coefficient (Wildman–Crippen LogP) is 3.50. The first-order valence-electron chi connectivity index (χ1n) is 11.9. The van der Waals surface area contributed by atoms with E-state index in [0.29, 0.717) is 47.1 Å². The maximum atomic E-state index is 12.9. The van der Waals surface area contributed by atoms with Crippen LogP contribution in [-0.4, -0.2) is 50.8 Å². The molecule has 0 aliphatic carbocycles. The van der Waals surface area contributed by atoms with Crippen LogP contribution < -0.4 is 11.3 Å². The normalized spacial score (nSPS) is 15.4. The molecule has 1 fully saturated rings. The van der Waals surface area contributed by atoms with Gasteiger partial charge in [-0.1, -0.05) is 36.4 Å². The molecule has 9 heteroatoms. The third-order valence-electron chi connectivity index (χ3n) is 6.69. The Morgan fingerprint density at radius 1 is 0.973 bits per heavy atom. The number of nitrogen functional groups attached to an aromatic ring is 1. The van der Waals surface area contributed by atoms with Crippen LogP contribution in [0, 0.1) is 5.92 Å². The third kappa shape index (κ3) is 4.89. The summed E-state index contributed by atoms with van der Waals surface area (Å²) >= 11 is 0. The van der Waals surface area contributed by atoms with Crippen molar-refractivity contribution in [3.63, 3.8) is 0 Å². The van der Waals surface area contributed by atoms with Crippen molar-refractivity contribution in [1.82, 2.24) is 20.3 Å². The highest BCUT2D eigenvalue weighted by Crippen LogP contribution is 2.28. The largest absolute Gasteiger partial charge is 0.481 e. The van der Waals surface area contributed by atoms with Crippen LogP contribution in [0.3, 0.4) is 0 Å². The van der Waals surface area contributed by atoms with Gasteiger partial charge >= 0.3 is 5.97 Å². The molecule has 4 aromatic rings. The van der Waals surface area contributed by atoms with E-state index in [0.717, 1.165) is 16.7 Å². The van der Waals surface area contributed by atoms with Crippen LogP contribution in [0.4, 0.5) is 0 Å². The van der Waals surface area contributed by atoms with E-state index in [1.54, 1.807) is 41.6 Å². The Kier molecular flexibility index (Phi) is 6.61. The van der Waals surface area contributed by atoms with Crippen LogP contribution in [-0.2, 0) is 4.79 Å². The fraction of sp³-hybridized carbons (Fsp3) is 0.179. The zero-order valence-corrected chi connectivity index (χ0v) is 19.9. The molecule has 1 aliphatic heterocycles. The summed E-state index contributed by atoms with van der Waals surface area (Å²) in [5.74, 6) is 3.43. The van der Waals surface area contributed by atoms with E-state index < -0.39 is 17.8 Å². The van der Waals surface area contributed by atoms with Crippen LogP contribution in [0.2, 0.25) is 0 Å². The van der Waals surface area contributed by atoms with Gasteiger partial charge in [0.2, 0.25) is 0 Å². The van der Waals surface area contributed by atoms with Gasteiger partial charge in [0.25, 0.3) is 11.8 Å². The molecule has 2 amide bonds. The summed E-state index contributed by atoms with van der Waals surface area (Å²) in [6.07, 6.45) is 4.50. The molecule has 37 heavy (non-hydrogen) atoms. The van der Waals surface area contributed by atoms with E-state index in [-0.39, 0.29) is 12.5 Å². The van der Waals surface area contributed by atoms with E-state index in [1.807, 2.05) is 36.4 Å². The number of carbonyl (C=O) groups excluding carboxylic acids is 2. The number of fused-ring (bicyclic) bond motifs is 1. The lowest BCUT2D eigenvalue weighted by Crippen LogP contribution is -2.42. The molecule has 1 unspecified atom stereocenters. The number of hydrazine groups is 1. The molecule has 9 nitrogen and oxygen atoms in total. The van der Waals surface area contributed by atoms with Gasteiger partial charge in [0.05, 0.1) is 22.7 Å². The Bertz CT molecular complexity index is 1490. The lowest BCUT2D eigenvalue weighted by atomic mass is 9.97. The SMILES string of the molecule is NNC(=O)c1cc(-c2ccc(-c3ccc(C(=O)N4CCCC(C(=O)O)C4)cc3)cc2)nc2ccncc12. The molecular weight excluding hydrogens is 470 g/mol. The Hall–Kier alpha value is -4.63. The van der Waals surface area contributed by atoms with Crippen LogP contribution in [0.1, 0.15) is 33.6 Å². The number of hydrogen-bond donors (Lipinski definition) is 3. The number of nitrogens with one attached hydrogen (secondary N) is 1. The number of carboxylic acid groups (broad SMARTS) is 1. The average Bonchev–Trinajstić information content (AvgIpc) is 2.96. The number of benzene rings is 2. The minimum Gasteiger partial charge on any atom is -0.481 e. The molecule has 1 atom stereocenters. The second-order valence-corrected chi connectivity index (χ2v) is 9.00. The number of aromatic nitrogens is 2. The summed E-state index contributed by atoms with van der Waals surface area (Å²) in [5.41, 5.74) is 7.09. The zero-order valence-electron chi connectivity index (χ0n) is 19.9. The lowest BCUT2D eigenvalue weighted by Gasteiger charge is -2.30. The van der Waals surface area contributed by atoms with Crippen molar-refractivity contribution in [1.29, 1.82) is 0 Å². The molecule has 3 heterocycles. The van der Waals surface area contributed by atoms with Crippen molar-refractivity contribution < 1.29 is 19.5 Å². The van der Waals surface area contributed by atoms with E-state index in [9.17, 15) is 19.5 Å². The predicted molar refractivity (Wildman–Crippen MR) is 138 cm³/mol. The molecule has 1 aliphatic rings. The first kappa shape index (κ1) is 24.1. The maximum absolute atomic E-state index is 12.9. The van der Waals surface area contributed by atoms with Gasteiger partial charge in [-0.15, -0.1) is 0 Å². The Morgan fingerprint density at radius 2 is 1.65 bits per heavy atom. The molecule has 5 rings (SSSR count). The van der Waals surface area contributed by atoms with Crippen molar-refractivity contribution in [2.24, 2.45) is 11.8 Å². The van der Waals surface area contributed by atoms with Gasteiger partial charge in [0.15, 0.2) is 0 Å². The quantitative estimate of drug-likeness (QED) is 0.219. The van der Waals surface area contributed by atoms with Gasteiger partial charge < -0.3 is 10.0 Å². The summed E-state index contributed by atoms with van der Waals surface area (Å²) in [4.78, 5) is 46.9. The van der Waals surface area contributed by atoms with Gasteiger partial charge in [0, 0.05) is 42.0 Å². The smallest absolute Gasteiger partial charge is 0.308 e. The third-order valence-corrected chi connectivity index (χ3v) is 6.69. The molecule has 1 saturated heterocycles. The highest BCUT2D eigenvalue weighted by atomic mass is 16.4. The minimum absolute atomic E-state index is 0.150. The average molecular weight is 496 g/mol. The molecule has 186 valence electrons. The number of nitrogens with two attached hydrogens (primary N) is 1. The molecular formula is C28H25N5O4. The molecule has 0 spiro atoms. The summed E-state index contributed by atoms with van der Waals surface area (Å²) < 4.78 is 0. The van der Waals surface area contributed by atoms with Gasteiger partial charge in [-0.2, -0.15) is 0 Å². The molecule has 4 N–H and O–H groups in total. The Morgan fingerprint density at radius 3 is 2.32 bits per heavy atom. The standard InChI is InChI=1S/C28H25N5O4/c29-32-26(34)22-14-25(31-24-11-12-30-15-23(22)24)19-7-3-17(4-8-19)18-5-9-20(10-6-18)27(35)33-13-1-2-21(16-33)28(36)37/h3-12,14-15,21H,1-2,13,16,29H2,(H,32,34)(H,36,37). The summed E-state index contributed by atoms with van der Waals surface area (Å²) in [6.45, 7) is 0.811. The molecule has 2 aromatic carbocycles. The summed E-state index contributed by atoms with van der Waals surface area (Å²) in [5, 5.41) is 9.91. The number of carboxylic acids is 1. The van der Waals surface area contributed by atoms with Crippen molar-refractivity contribution in [2.75, 3.05) is 13.1 Å². The number of carbonyl (C=O) groups is 3. The highest BCUT2D eigenvalue weighted by molar-refractivity contribution is 6.06. The van der Waals surface area contributed by atoms with Crippen LogP contribution in [0.25, 0.3) is 33.3 Å². The summed E-state index contributed by atoms with van der Waals surface area (Å²) in [7, 11) is 0. The first-order chi connectivity index (χ1) is 17.9. The van der Waals surface area contributed by atoms with Gasteiger partial charge in [-0.3, -0.25) is 24.8 Å². The zero-order chi connectivity index (χ0) is 25.9. The van der Waals surface area contributed by atoms with Gasteiger partial charge in [-0.05, 0) is 48.2 Å². The summed E-state index contributed by atoms with van der Waals surface area (Å²) in [6, 6.07) is 18.5. The van der Waals surface area contributed by atoms with Crippen molar-refractivity contribution in [3.05, 3.63) is 84.2 Å². The van der Waals surface area contributed by atoms with E-state index in [2.05, 4.69) is 15.4 Å². The van der Waals surface area contributed by atoms with Crippen molar-refractivity contribution >= 4 is 28.7 Å². The van der Waals surface area contributed by atoms with E-state index in [1.165, 1.54) is 0 Å². The van der Waals surface area contributed by atoms with Crippen LogP contribution in [0.15, 0.2) is 73.1 Å². The molecule has 0 radical (unpaired) electrons. The minimum atomic E-state index is -0.855. The van der Waals surface area contributed by atoms with E-state index >= 15 is 0 Å². The maximum Gasteiger partial charge on any atom is 0.308 e. The number of pyridine rings is 2. The van der Waals surface area contributed by atoms with Gasteiger partial charge in [0.1, 0.15) is 0 Å². The number of amides is 2. The topological polar surface area (TPSA) is 139 Å². The van der Waals surface area contributed by atoms with Gasteiger partial charge in [-0.25, -0.2) is 10.8 Å². The number of nitrogens with zero attached hydrogens (tertiary/aromatic N) is 3. The fourth-order valence-electron chi connectivity index (χ4n) is 4.67. The number of hydrogen-bond acceptors (Lipinski definition) is 6. The first-order valence-corrected chi connectivity index (χ1v) is 11.9. The Labute approximate surface area is 212 Å². The highest BCUT2D eigenvalue weighted by Gasteiger charge is 2.28. The number of piperidine rings is 1. The van der Waals surface area contributed by atoms with E-state index in [4.69, 9.17) is 5.84 Å². The number of likely N-dealkylation sites (tertiary alicyclic amines) is 1. The number of aliphatic carboxylic acids is 1. The number of rotatable bonds is 5. The molecule has 0 saturated carbocycles. The lowest BCUT2D eigenvalue weighted by molar-refractivity contribution is -0.143. The van der Waals surface area contributed by atoms with Crippen molar-refractivity contribution in [3.8, 4) is 22.4 Å². The Balaban J connectivity index is 1.36. The second-order valence-electron chi connectivity index (χ2n) is 9.00. The molecule has 2 aromatic heterocycles. The fourth-order valence-corrected chi connectivity index (χ4v) is 4.67. The second kappa shape index (κ2) is 10.2. The monoisotopic (exact) mass is 495 g/mol. The van der Waals surface area contributed by atoms with Crippen LogP contribution in [0.5, 0.6) is 0 Å². The molecule has 0 bridgehead atoms. The van der Waals surface area contributed by atoms with Crippen molar-refractivity contribution in [2.45, 2.75) is 12.8 Å².